The van der Waals surface area contributed by atoms with Crippen LogP contribution in [0.5, 0.6) is 0 Å². The summed E-state index contributed by atoms with van der Waals surface area (Å²) in [5.74, 6) is -0.725. The van der Waals surface area contributed by atoms with Gasteiger partial charge < -0.3 is 4.74 Å². The second-order valence-corrected chi connectivity index (χ2v) is 10.3. The van der Waals surface area contributed by atoms with E-state index in [1.54, 1.807) is 42.5 Å². The summed E-state index contributed by atoms with van der Waals surface area (Å²) in [6.45, 7) is 1.89. The lowest BCUT2D eigenvalue weighted by atomic mass is 10.2. The molecule has 0 aliphatic carbocycles. The molecule has 2 aromatic rings. The molecule has 2 unspecified atom stereocenters. The van der Waals surface area contributed by atoms with Crippen molar-refractivity contribution < 1.29 is 22.2 Å². The highest BCUT2D eigenvalue weighted by Crippen LogP contribution is 2.27. The van der Waals surface area contributed by atoms with Gasteiger partial charge in [-0.25, -0.2) is 4.21 Å². The van der Waals surface area contributed by atoms with Gasteiger partial charge in [-0.15, -0.1) is 3.77 Å². The minimum Gasteiger partial charge on any atom is -0.461 e. The highest BCUT2D eigenvalue weighted by atomic mass is 32.3. The highest BCUT2D eigenvalue weighted by Gasteiger charge is 2.35. The summed E-state index contributed by atoms with van der Waals surface area (Å²) in [5.41, 5.74) is 0.884. The number of ether oxygens (including phenoxy) is 1. The van der Waals surface area contributed by atoms with Crippen molar-refractivity contribution in [1.29, 1.82) is 0 Å². The summed E-state index contributed by atoms with van der Waals surface area (Å²) in [7, 11) is -7.90. The van der Waals surface area contributed by atoms with Gasteiger partial charge in [0.25, 0.3) is 10.0 Å². The number of hydrogen-bond acceptors (Lipinski definition) is 5. The van der Waals surface area contributed by atoms with E-state index in [1.165, 1.54) is 24.3 Å². The Hall–Kier alpha value is -2.45. The van der Waals surface area contributed by atoms with Crippen LogP contribution in [0.4, 0.5) is 0 Å². The smallest absolute Gasteiger partial charge is 0.323 e. The summed E-state index contributed by atoms with van der Waals surface area (Å²) in [6.07, 6.45) is 3.38. The molecule has 0 radical (unpaired) electrons. The van der Waals surface area contributed by atoms with Crippen molar-refractivity contribution in [2.75, 3.05) is 6.61 Å². The summed E-state index contributed by atoms with van der Waals surface area (Å²) >= 11 is 0. The second kappa shape index (κ2) is 7.66. The monoisotopic (exact) mass is 405 g/mol. The van der Waals surface area contributed by atoms with Crippen molar-refractivity contribution in [1.82, 2.24) is 0 Å². The van der Waals surface area contributed by atoms with Crippen LogP contribution in [-0.2, 0) is 29.3 Å². The third kappa shape index (κ3) is 4.12. The first-order chi connectivity index (χ1) is 12.8. The zero-order valence-electron chi connectivity index (χ0n) is 14.6. The maximum Gasteiger partial charge on any atom is 0.323 e. The molecule has 0 amide bonds. The molecule has 3 rings (SSSR count). The Morgan fingerprint density at radius 2 is 1.59 bits per heavy atom. The number of carbonyl (C=O) groups excluding carboxylic acids is 1. The number of hydrogen-bond donors (Lipinski definition) is 0. The van der Waals surface area contributed by atoms with Crippen molar-refractivity contribution in [3.05, 3.63) is 72.3 Å². The first-order valence-electron chi connectivity index (χ1n) is 8.28. The number of carbonyl (C=O) groups is 1. The van der Waals surface area contributed by atoms with E-state index >= 15 is 0 Å². The van der Waals surface area contributed by atoms with Crippen molar-refractivity contribution in [3.8, 4) is 0 Å². The molecular weight excluding hydrogens is 386 g/mol. The Bertz CT molecular complexity index is 1080. The van der Waals surface area contributed by atoms with Gasteiger partial charge >= 0.3 is 5.97 Å². The molecule has 6 nitrogen and oxygen atoms in total. The third-order valence-corrected chi connectivity index (χ3v) is 8.74. The van der Waals surface area contributed by atoms with E-state index in [2.05, 4.69) is 3.77 Å². The predicted molar refractivity (Wildman–Crippen MR) is 102 cm³/mol. The number of cyclic esters (lactones) is 1. The van der Waals surface area contributed by atoms with Crippen molar-refractivity contribution in [3.63, 3.8) is 0 Å². The molecule has 0 saturated heterocycles. The standard InChI is InChI=1S/C19H19NO5S2/c1-15-10-12-17(13-11-15)27(23,24)20-26(22,16-7-3-2-4-8-16)18-9-5-6-14-25-19(18)21/h2-8,10-13,18H,9,14H2,1H3. The van der Waals surface area contributed by atoms with Gasteiger partial charge in [-0.2, -0.15) is 8.42 Å². The van der Waals surface area contributed by atoms with Crippen LogP contribution < -0.4 is 0 Å². The first kappa shape index (κ1) is 19.3. The van der Waals surface area contributed by atoms with E-state index in [0.29, 0.717) is 0 Å². The van der Waals surface area contributed by atoms with Crippen molar-refractivity contribution in [2.45, 2.75) is 28.4 Å². The summed E-state index contributed by atoms with van der Waals surface area (Å²) in [6, 6.07) is 14.1. The number of esters is 1. The summed E-state index contributed by atoms with van der Waals surface area (Å²) in [4.78, 5) is 12.5. The molecule has 2 atom stereocenters. The van der Waals surface area contributed by atoms with Crippen LogP contribution in [0.25, 0.3) is 0 Å². The van der Waals surface area contributed by atoms with E-state index in [1.807, 2.05) is 6.92 Å². The Balaban J connectivity index is 2.22. The molecular formula is C19H19NO5S2. The van der Waals surface area contributed by atoms with Gasteiger partial charge in [-0.05, 0) is 37.6 Å². The number of aryl methyl sites for hydroxylation is 1. The molecule has 0 bridgehead atoms. The Morgan fingerprint density at radius 1 is 0.926 bits per heavy atom. The Kier molecular flexibility index (Phi) is 5.48. The van der Waals surface area contributed by atoms with Gasteiger partial charge in [0, 0.05) is 4.90 Å². The van der Waals surface area contributed by atoms with Crippen LogP contribution >= 0.6 is 0 Å². The average molecular weight is 405 g/mol. The molecule has 0 N–H and O–H groups in total. The lowest BCUT2D eigenvalue weighted by Gasteiger charge is -2.18. The maximum absolute atomic E-state index is 13.9. The maximum atomic E-state index is 13.9. The minimum atomic E-state index is -4.25. The fourth-order valence-electron chi connectivity index (χ4n) is 2.64. The number of allylic oxidation sites excluding steroid dienone is 1. The van der Waals surface area contributed by atoms with E-state index in [-0.39, 0.29) is 22.8 Å². The predicted octanol–water partition coefficient (Wildman–Crippen LogP) is 3.08. The second-order valence-electron chi connectivity index (χ2n) is 6.07. The Morgan fingerprint density at radius 3 is 2.26 bits per heavy atom. The van der Waals surface area contributed by atoms with Crippen LogP contribution in [0, 0.1) is 6.92 Å². The normalized spacial score (nSPS) is 19.6. The van der Waals surface area contributed by atoms with Crippen LogP contribution in [0.15, 0.2) is 80.3 Å². The van der Waals surface area contributed by atoms with E-state index in [9.17, 15) is 17.4 Å². The van der Waals surface area contributed by atoms with Gasteiger partial charge in [-0.3, -0.25) is 4.79 Å². The fourth-order valence-corrected chi connectivity index (χ4v) is 6.97. The molecule has 142 valence electrons. The summed E-state index contributed by atoms with van der Waals surface area (Å²) in [5, 5.41) is -1.21. The van der Waals surface area contributed by atoms with Crippen LogP contribution in [-0.4, -0.2) is 30.5 Å². The number of rotatable bonds is 4. The van der Waals surface area contributed by atoms with Crippen molar-refractivity contribution in [2.24, 2.45) is 3.77 Å². The lowest BCUT2D eigenvalue weighted by molar-refractivity contribution is -0.141. The first-order valence-corrected chi connectivity index (χ1v) is 11.3. The molecule has 0 saturated carbocycles. The molecule has 2 aromatic carbocycles. The third-order valence-electron chi connectivity index (χ3n) is 4.10. The van der Waals surface area contributed by atoms with E-state index in [4.69, 9.17) is 4.74 Å². The Labute approximate surface area is 159 Å². The van der Waals surface area contributed by atoms with Crippen LogP contribution in [0.2, 0.25) is 0 Å². The molecule has 1 aliphatic rings. The molecule has 0 fully saturated rings. The molecule has 0 spiro atoms. The average Bonchev–Trinajstić information content (AvgIpc) is 2.87. The van der Waals surface area contributed by atoms with Crippen LogP contribution in [0.3, 0.4) is 0 Å². The van der Waals surface area contributed by atoms with Gasteiger partial charge in [-0.1, -0.05) is 48.0 Å². The SMILES string of the molecule is Cc1ccc(S(=O)(=O)N=S(=O)(c2ccccc2)C2CC=CCOC2=O)cc1. The highest BCUT2D eigenvalue weighted by molar-refractivity contribution is 8.04. The molecule has 1 heterocycles. The van der Waals surface area contributed by atoms with Gasteiger partial charge in [0.15, 0.2) is 0 Å². The number of nitrogens with zero attached hydrogens (tertiary/aromatic N) is 1. The number of benzene rings is 2. The van der Waals surface area contributed by atoms with Gasteiger partial charge in [0.2, 0.25) is 0 Å². The van der Waals surface area contributed by atoms with Gasteiger partial charge in [0.05, 0.1) is 4.90 Å². The largest absolute Gasteiger partial charge is 0.461 e. The fraction of sp³-hybridized carbons (Fsp3) is 0.211. The molecule has 8 heteroatoms. The quantitative estimate of drug-likeness (QED) is 0.576. The topological polar surface area (TPSA) is 89.9 Å². The zero-order chi connectivity index (χ0) is 19.5. The zero-order valence-corrected chi connectivity index (χ0v) is 16.3. The molecule has 1 aliphatic heterocycles. The summed E-state index contributed by atoms with van der Waals surface area (Å²) < 4.78 is 48.4. The van der Waals surface area contributed by atoms with E-state index in [0.717, 1.165) is 5.56 Å². The van der Waals surface area contributed by atoms with Crippen LogP contribution in [0.1, 0.15) is 12.0 Å². The van der Waals surface area contributed by atoms with Crippen molar-refractivity contribution >= 4 is 25.7 Å². The molecule has 27 heavy (non-hydrogen) atoms. The molecule has 0 aromatic heterocycles. The number of sulfonamides is 1. The minimum absolute atomic E-state index is 0.0599. The van der Waals surface area contributed by atoms with E-state index < -0.39 is 31.0 Å². The van der Waals surface area contributed by atoms with Gasteiger partial charge in [0.1, 0.15) is 21.6 Å². The lowest BCUT2D eigenvalue weighted by Crippen LogP contribution is -2.31.